The van der Waals surface area contributed by atoms with Gasteiger partial charge in [0.2, 0.25) is 0 Å². The monoisotopic (exact) mass is 677 g/mol. The molecule has 8 aromatic carbocycles. The van der Waals surface area contributed by atoms with Gasteiger partial charge in [0.05, 0.1) is 27.8 Å². The van der Waals surface area contributed by atoms with Crippen molar-refractivity contribution in [2.24, 2.45) is 0 Å². The third-order valence-corrected chi connectivity index (χ3v) is 10.5. The summed E-state index contributed by atoms with van der Waals surface area (Å²) in [7, 11) is 0. The highest BCUT2D eigenvalue weighted by atomic mass is 16.3. The molecule has 11 rings (SSSR count). The molecule has 0 aliphatic carbocycles. The third kappa shape index (κ3) is 4.59. The molecule has 11 aromatic rings. The van der Waals surface area contributed by atoms with E-state index in [0.29, 0.717) is 0 Å². The molecule has 0 unspecified atom stereocenters. The highest BCUT2D eigenvalue weighted by Gasteiger charge is 2.24. The minimum absolute atomic E-state index is 0.822. The van der Waals surface area contributed by atoms with Crippen molar-refractivity contribution in [3.8, 4) is 45.0 Å². The van der Waals surface area contributed by atoms with Crippen molar-refractivity contribution in [2.45, 2.75) is 0 Å². The van der Waals surface area contributed by atoms with E-state index in [1.54, 1.807) is 0 Å². The predicted octanol–water partition coefficient (Wildman–Crippen LogP) is 13.0. The molecule has 0 amide bonds. The van der Waals surface area contributed by atoms with Gasteiger partial charge < -0.3 is 8.98 Å². The van der Waals surface area contributed by atoms with Crippen LogP contribution in [0.5, 0.6) is 0 Å². The Hall–Kier alpha value is -7.17. The first-order valence-corrected chi connectivity index (χ1v) is 18.0. The first-order chi connectivity index (χ1) is 26.3. The van der Waals surface area contributed by atoms with Gasteiger partial charge in [-0.05, 0) is 82.9 Å². The molecule has 3 aromatic heterocycles. The summed E-state index contributed by atoms with van der Waals surface area (Å²) < 4.78 is 11.7. The molecule has 0 bridgehead atoms. The quantitative estimate of drug-likeness (QED) is 0.182. The fourth-order valence-corrected chi connectivity index (χ4v) is 8.15. The Morgan fingerprint density at radius 3 is 1.85 bits per heavy atom. The second-order valence-corrected chi connectivity index (χ2v) is 13.6. The van der Waals surface area contributed by atoms with Crippen LogP contribution in [0.3, 0.4) is 0 Å². The van der Waals surface area contributed by atoms with E-state index in [4.69, 9.17) is 9.40 Å². The van der Waals surface area contributed by atoms with Crippen molar-refractivity contribution in [1.82, 2.24) is 14.1 Å². The van der Waals surface area contributed by atoms with Crippen molar-refractivity contribution in [3.63, 3.8) is 0 Å². The molecule has 4 nitrogen and oxygen atoms in total. The Labute approximate surface area is 305 Å². The molecule has 0 N–H and O–H groups in total. The van der Waals surface area contributed by atoms with Gasteiger partial charge in [-0.25, -0.2) is 4.98 Å². The minimum atomic E-state index is 0.822. The fourth-order valence-electron chi connectivity index (χ4n) is 8.15. The zero-order chi connectivity index (χ0) is 34.9. The van der Waals surface area contributed by atoms with Crippen LogP contribution >= 0.6 is 0 Å². The lowest BCUT2D eigenvalue weighted by Crippen LogP contribution is -1.98. The number of rotatable bonds is 5. The molecule has 248 valence electrons. The van der Waals surface area contributed by atoms with E-state index < -0.39 is 0 Å². The van der Waals surface area contributed by atoms with Gasteiger partial charge in [-0.1, -0.05) is 127 Å². The number of nitrogens with zero attached hydrogens (tertiary/aromatic N) is 3. The van der Waals surface area contributed by atoms with Gasteiger partial charge in [-0.15, -0.1) is 0 Å². The maximum atomic E-state index is 7.08. The first kappa shape index (κ1) is 29.5. The van der Waals surface area contributed by atoms with Crippen molar-refractivity contribution >= 4 is 54.8 Å². The van der Waals surface area contributed by atoms with Gasteiger partial charge in [-0.3, -0.25) is 4.57 Å². The number of furan rings is 1. The van der Waals surface area contributed by atoms with E-state index >= 15 is 0 Å². The Bertz CT molecular complexity index is 3150. The summed E-state index contributed by atoms with van der Waals surface area (Å²) in [6.07, 6.45) is 0. The van der Waals surface area contributed by atoms with E-state index in [9.17, 15) is 0 Å². The highest BCUT2D eigenvalue weighted by molar-refractivity contribution is 6.17. The number of hydrogen-bond donors (Lipinski definition) is 0. The number of hydrogen-bond acceptors (Lipinski definition) is 2. The molecule has 0 radical (unpaired) electrons. The van der Waals surface area contributed by atoms with Crippen LogP contribution in [0, 0.1) is 0 Å². The lowest BCUT2D eigenvalue weighted by Gasteiger charge is -2.12. The second kappa shape index (κ2) is 11.7. The SMILES string of the molecule is c1ccc(-c2cc(-c3nc4ccccc4n3-c3ccccc3)c3c(c2)oc2c(-n4c5ccccc5c5cc(-c6ccccc6)ccc54)cccc23)cc1. The average Bonchev–Trinajstić information content (AvgIpc) is 3.91. The summed E-state index contributed by atoms with van der Waals surface area (Å²) in [5.74, 6) is 0.874. The van der Waals surface area contributed by atoms with Crippen LogP contribution in [0.15, 0.2) is 192 Å². The van der Waals surface area contributed by atoms with E-state index in [2.05, 4.69) is 197 Å². The summed E-state index contributed by atoms with van der Waals surface area (Å²) in [4.78, 5) is 5.33. The lowest BCUT2D eigenvalue weighted by molar-refractivity contribution is 0.666. The van der Waals surface area contributed by atoms with E-state index in [-0.39, 0.29) is 0 Å². The topological polar surface area (TPSA) is 35.9 Å². The molecule has 0 spiro atoms. The predicted molar refractivity (Wildman–Crippen MR) is 219 cm³/mol. The van der Waals surface area contributed by atoms with Crippen LogP contribution in [0.2, 0.25) is 0 Å². The Kier molecular flexibility index (Phi) is 6.52. The van der Waals surface area contributed by atoms with Gasteiger partial charge in [0, 0.05) is 32.8 Å². The number of benzene rings is 8. The number of imidazole rings is 1. The van der Waals surface area contributed by atoms with Crippen molar-refractivity contribution in [2.75, 3.05) is 0 Å². The molecule has 53 heavy (non-hydrogen) atoms. The molecule has 4 heteroatoms. The zero-order valence-corrected chi connectivity index (χ0v) is 28.6. The van der Waals surface area contributed by atoms with Crippen molar-refractivity contribution in [3.05, 3.63) is 188 Å². The fraction of sp³-hybridized carbons (Fsp3) is 0. The van der Waals surface area contributed by atoms with Crippen LogP contribution < -0.4 is 0 Å². The number of aromatic nitrogens is 3. The van der Waals surface area contributed by atoms with Crippen LogP contribution in [0.1, 0.15) is 0 Å². The third-order valence-electron chi connectivity index (χ3n) is 10.5. The van der Waals surface area contributed by atoms with Gasteiger partial charge >= 0.3 is 0 Å². The first-order valence-electron chi connectivity index (χ1n) is 18.0. The molecular weight excluding hydrogens is 647 g/mol. The lowest BCUT2D eigenvalue weighted by atomic mass is 9.98. The molecule has 0 aliphatic rings. The molecule has 0 aliphatic heterocycles. The summed E-state index contributed by atoms with van der Waals surface area (Å²) >= 11 is 0. The van der Waals surface area contributed by atoms with Crippen LogP contribution in [-0.2, 0) is 0 Å². The molecule has 3 heterocycles. The second-order valence-electron chi connectivity index (χ2n) is 13.6. The summed E-state index contributed by atoms with van der Waals surface area (Å²) in [6.45, 7) is 0. The average molecular weight is 678 g/mol. The Morgan fingerprint density at radius 2 is 1.06 bits per heavy atom. The van der Waals surface area contributed by atoms with Crippen LogP contribution in [0.25, 0.3) is 99.8 Å². The Morgan fingerprint density at radius 1 is 0.415 bits per heavy atom. The van der Waals surface area contributed by atoms with E-state index in [1.165, 1.54) is 21.9 Å². The zero-order valence-electron chi connectivity index (χ0n) is 28.6. The molecule has 0 saturated heterocycles. The molecule has 0 saturated carbocycles. The summed E-state index contributed by atoms with van der Waals surface area (Å²) in [5.41, 5.74) is 13.6. The molecule has 0 fully saturated rings. The molecule has 0 atom stereocenters. The van der Waals surface area contributed by atoms with Gasteiger partial charge in [0.25, 0.3) is 0 Å². The summed E-state index contributed by atoms with van der Waals surface area (Å²) in [6, 6.07) is 66.5. The van der Waals surface area contributed by atoms with Gasteiger partial charge in [0.15, 0.2) is 5.58 Å². The van der Waals surface area contributed by atoms with E-state index in [1.807, 2.05) is 0 Å². The highest BCUT2D eigenvalue weighted by Crippen LogP contribution is 2.44. The number of para-hydroxylation sites is 5. The molecular formula is C49H31N3O. The Balaban J connectivity index is 1.23. The standard InChI is InChI=1S/C49H31N3O/c1-4-15-32(16-5-1)34-27-28-43-39(29-34)37-21-10-12-24-42(37)52(43)45-26-14-22-38-47-40(30-35(31-46(47)53-48(38)45)33-17-6-2-7-18-33)49-50-41-23-11-13-25-44(41)51(49)36-19-8-3-9-20-36/h1-31H. The largest absolute Gasteiger partial charge is 0.454 e. The normalized spacial score (nSPS) is 11.8. The van der Waals surface area contributed by atoms with Crippen molar-refractivity contribution in [1.29, 1.82) is 0 Å². The summed E-state index contributed by atoms with van der Waals surface area (Å²) in [5, 5.41) is 4.50. The maximum Gasteiger partial charge on any atom is 0.159 e. The number of fused-ring (bicyclic) bond motifs is 7. The maximum absolute atomic E-state index is 7.08. The smallest absolute Gasteiger partial charge is 0.159 e. The van der Waals surface area contributed by atoms with Crippen molar-refractivity contribution < 1.29 is 4.42 Å². The van der Waals surface area contributed by atoms with E-state index in [0.717, 1.165) is 77.9 Å². The van der Waals surface area contributed by atoms with Gasteiger partial charge in [0.1, 0.15) is 11.4 Å². The van der Waals surface area contributed by atoms with Crippen LogP contribution in [0.4, 0.5) is 0 Å². The van der Waals surface area contributed by atoms with Gasteiger partial charge in [-0.2, -0.15) is 0 Å². The minimum Gasteiger partial charge on any atom is -0.454 e. The van der Waals surface area contributed by atoms with Crippen LogP contribution in [-0.4, -0.2) is 14.1 Å².